The Balaban J connectivity index is 1.26. The van der Waals surface area contributed by atoms with Crippen molar-refractivity contribution in [2.45, 2.75) is 0 Å². The summed E-state index contributed by atoms with van der Waals surface area (Å²) in [6, 6.07) is 28.2. The third-order valence-electron chi connectivity index (χ3n) is 5.28. The van der Waals surface area contributed by atoms with Crippen LogP contribution in [0.3, 0.4) is 0 Å². The standard InChI is InChI=1S/C27H20N4O2S/c32-25-15-14-18-6-4-5-9-22(18)23(25)16-28-31-26(33)20-12-10-19(11-13-20)24-17-34-27(30-24)29-21-7-2-1-3-8-21/h1-17,32H,(H,29,30)(H,31,33)/b28-16-. The third-order valence-corrected chi connectivity index (χ3v) is 6.04. The molecule has 5 aromatic rings. The number of hydrazone groups is 1. The van der Waals surface area contributed by atoms with Crippen LogP contribution >= 0.6 is 11.3 Å². The number of fused-ring (bicyclic) bond motifs is 1. The van der Waals surface area contributed by atoms with Gasteiger partial charge in [0.1, 0.15) is 5.75 Å². The van der Waals surface area contributed by atoms with Crippen molar-refractivity contribution in [1.29, 1.82) is 0 Å². The summed E-state index contributed by atoms with van der Waals surface area (Å²) in [5.41, 5.74) is 6.28. The zero-order chi connectivity index (χ0) is 23.3. The van der Waals surface area contributed by atoms with E-state index in [0.717, 1.165) is 32.8 Å². The van der Waals surface area contributed by atoms with E-state index in [2.05, 4.69) is 20.8 Å². The average molecular weight is 465 g/mol. The molecule has 0 atom stereocenters. The Labute approximate surface area is 200 Å². The van der Waals surface area contributed by atoms with Gasteiger partial charge in [-0.2, -0.15) is 5.10 Å². The fourth-order valence-electron chi connectivity index (χ4n) is 3.54. The molecule has 1 heterocycles. The van der Waals surface area contributed by atoms with Crippen LogP contribution in [0.1, 0.15) is 15.9 Å². The molecule has 5 rings (SSSR count). The number of phenols is 1. The molecular formula is C27H20N4O2S. The summed E-state index contributed by atoms with van der Waals surface area (Å²) < 4.78 is 0. The van der Waals surface area contributed by atoms with Gasteiger partial charge in [-0.3, -0.25) is 4.79 Å². The SMILES string of the molecule is O=C(N/N=C\c1c(O)ccc2ccccc12)c1ccc(-c2csc(Nc3ccccc3)n2)cc1. The van der Waals surface area contributed by atoms with Crippen LogP contribution in [0.5, 0.6) is 5.75 Å². The van der Waals surface area contributed by atoms with E-state index in [1.54, 1.807) is 18.2 Å². The minimum Gasteiger partial charge on any atom is -0.507 e. The second kappa shape index (κ2) is 9.56. The van der Waals surface area contributed by atoms with Crippen molar-refractivity contribution in [3.05, 3.63) is 108 Å². The number of rotatable bonds is 6. The van der Waals surface area contributed by atoms with Crippen LogP contribution in [0.15, 0.2) is 101 Å². The van der Waals surface area contributed by atoms with Crippen LogP contribution in [0.2, 0.25) is 0 Å². The summed E-state index contributed by atoms with van der Waals surface area (Å²) in [6.07, 6.45) is 1.46. The number of amides is 1. The van der Waals surface area contributed by atoms with E-state index in [1.807, 2.05) is 78.2 Å². The number of thiazole rings is 1. The van der Waals surface area contributed by atoms with E-state index in [9.17, 15) is 9.90 Å². The first-order valence-electron chi connectivity index (χ1n) is 10.6. The maximum absolute atomic E-state index is 12.5. The number of phenolic OH excluding ortho intramolecular Hbond substituents is 1. The summed E-state index contributed by atoms with van der Waals surface area (Å²) >= 11 is 1.52. The van der Waals surface area contributed by atoms with Crippen molar-refractivity contribution < 1.29 is 9.90 Å². The Morgan fingerprint density at radius 3 is 2.50 bits per heavy atom. The van der Waals surface area contributed by atoms with Gasteiger partial charge in [-0.1, -0.05) is 60.7 Å². The van der Waals surface area contributed by atoms with Gasteiger partial charge in [0, 0.05) is 27.8 Å². The highest BCUT2D eigenvalue weighted by atomic mass is 32.1. The molecule has 34 heavy (non-hydrogen) atoms. The summed E-state index contributed by atoms with van der Waals surface area (Å²) in [4.78, 5) is 17.2. The number of para-hydroxylation sites is 1. The van der Waals surface area contributed by atoms with E-state index in [4.69, 9.17) is 0 Å². The number of aromatic hydroxyl groups is 1. The lowest BCUT2D eigenvalue weighted by Gasteiger charge is -2.05. The van der Waals surface area contributed by atoms with Crippen LogP contribution in [0.4, 0.5) is 10.8 Å². The quantitative estimate of drug-likeness (QED) is 0.207. The molecule has 1 amide bonds. The number of anilines is 2. The molecule has 0 bridgehead atoms. The molecule has 0 unspecified atom stereocenters. The molecular weight excluding hydrogens is 444 g/mol. The summed E-state index contributed by atoms with van der Waals surface area (Å²) in [7, 11) is 0. The number of nitrogens with zero attached hydrogens (tertiary/aromatic N) is 2. The first-order chi connectivity index (χ1) is 16.7. The van der Waals surface area contributed by atoms with Crippen LogP contribution in [-0.2, 0) is 0 Å². The highest BCUT2D eigenvalue weighted by Gasteiger charge is 2.09. The van der Waals surface area contributed by atoms with Crippen molar-refractivity contribution in [1.82, 2.24) is 10.4 Å². The van der Waals surface area contributed by atoms with Crippen molar-refractivity contribution >= 4 is 45.0 Å². The molecule has 0 aliphatic rings. The highest BCUT2D eigenvalue weighted by molar-refractivity contribution is 7.14. The van der Waals surface area contributed by atoms with Gasteiger partial charge >= 0.3 is 0 Å². The van der Waals surface area contributed by atoms with E-state index in [-0.39, 0.29) is 11.7 Å². The van der Waals surface area contributed by atoms with Gasteiger partial charge < -0.3 is 10.4 Å². The van der Waals surface area contributed by atoms with Crippen molar-refractivity contribution in [2.75, 3.05) is 5.32 Å². The second-order valence-corrected chi connectivity index (χ2v) is 8.38. The van der Waals surface area contributed by atoms with E-state index in [0.29, 0.717) is 11.1 Å². The Morgan fingerprint density at radius 1 is 0.912 bits per heavy atom. The number of carbonyl (C=O) groups is 1. The predicted octanol–water partition coefficient (Wildman–Crippen LogP) is 6.18. The smallest absolute Gasteiger partial charge is 0.271 e. The molecule has 1 aromatic heterocycles. The fraction of sp³-hybridized carbons (Fsp3) is 0. The minimum absolute atomic E-state index is 0.102. The summed E-state index contributed by atoms with van der Waals surface area (Å²) in [6.45, 7) is 0. The Morgan fingerprint density at radius 2 is 1.68 bits per heavy atom. The number of hydrogen-bond donors (Lipinski definition) is 3. The van der Waals surface area contributed by atoms with Gasteiger partial charge in [-0.25, -0.2) is 10.4 Å². The van der Waals surface area contributed by atoms with Crippen LogP contribution in [0, 0.1) is 0 Å². The Kier molecular flexibility index (Phi) is 6.01. The molecule has 4 aromatic carbocycles. The molecule has 6 nitrogen and oxygen atoms in total. The molecule has 0 saturated carbocycles. The number of aromatic nitrogens is 1. The van der Waals surface area contributed by atoms with Gasteiger partial charge in [-0.05, 0) is 41.1 Å². The summed E-state index contributed by atoms with van der Waals surface area (Å²) in [5, 5.41) is 22.1. The lowest BCUT2D eigenvalue weighted by atomic mass is 10.0. The maximum atomic E-state index is 12.5. The van der Waals surface area contributed by atoms with Gasteiger partial charge in [-0.15, -0.1) is 11.3 Å². The monoisotopic (exact) mass is 464 g/mol. The molecule has 0 spiro atoms. The zero-order valence-electron chi connectivity index (χ0n) is 18.0. The van der Waals surface area contributed by atoms with Gasteiger partial charge in [0.05, 0.1) is 11.9 Å². The normalized spacial score (nSPS) is 11.1. The fourth-order valence-corrected chi connectivity index (χ4v) is 4.28. The number of carbonyl (C=O) groups excluding carboxylic acids is 1. The molecule has 7 heteroatoms. The Hall–Kier alpha value is -4.49. The van der Waals surface area contributed by atoms with Gasteiger partial charge in [0.25, 0.3) is 5.91 Å². The molecule has 0 saturated heterocycles. The lowest BCUT2D eigenvalue weighted by Crippen LogP contribution is -2.17. The predicted molar refractivity (Wildman–Crippen MR) is 138 cm³/mol. The van der Waals surface area contributed by atoms with Gasteiger partial charge in [0.2, 0.25) is 0 Å². The molecule has 0 fully saturated rings. The van der Waals surface area contributed by atoms with E-state index in [1.165, 1.54) is 17.6 Å². The van der Waals surface area contributed by atoms with Crippen LogP contribution in [0.25, 0.3) is 22.0 Å². The number of benzene rings is 4. The van der Waals surface area contributed by atoms with Crippen LogP contribution in [-0.4, -0.2) is 22.2 Å². The second-order valence-electron chi connectivity index (χ2n) is 7.52. The van der Waals surface area contributed by atoms with E-state index < -0.39 is 0 Å². The minimum atomic E-state index is -0.341. The zero-order valence-corrected chi connectivity index (χ0v) is 18.8. The molecule has 0 radical (unpaired) electrons. The first-order valence-corrected chi connectivity index (χ1v) is 11.5. The number of nitrogens with one attached hydrogen (secondary N) is 2. The topological polar surface area (TPSA) is 86.6 Å². The largest absolute Gasteiger partial charge is 0.507 e. The maximum Gasteiger partial charge on any atom is 0.271 e. The Bertz CT molecular complexity index is 1480. The molecule has 0 aliphatic carbocycles. The molecule has 0 aliphatic heterocycles. The van der Waals surface area contributed by atoms with Crippen molar-refractivity contribution in [2.24, 2.45) is 5.10 Å². The molecule has 166 valence electrons. The number of hydrogen-bond acceptors (Lipinski definition) is 6. The first kappa shape index (κ1) is 21.4. The summed E-state index contributed by atoms with van der Waals surface area (Å²) in [5.74, 6) is -0.238. The van der Waals surface area contributed by atoms with E-state index >= 15 is 0 Å². The van der Waals surface area contributed by atoms with Gasteiger partial charge in [0.15, 0.2) is 5.13 Å². The average Bonchev–Trinajstić information content (AvgIpc) is 3.34. The third kappa shape index (κ3) is 4.65. The van der Waals surface area contributed by atoms with Crippen LogP contribution < -0.4 is 10.7 Å². The lowest BCUT2D eigenvalue weighted by molar-refractivity contribution is 0.0955. The van der Waals surface area contributed by atoms with Crippen molar-refractivity contribution in [3.63, 3.8) is 0 Å². The van der Waals surface area contributed by atoms with Crippen molar-refractivity contribution in [3.8, 4) is 17.0 Å². The highest BCUT2D eigenvalue weighted by Crippen LogP contribution is 2.28. The molecule has 3 N–H and O–H groups in total.